The highest BCUT2D eigenvalue weighted by Crippen LogP contribution is 2.41. The molecule has 3 N–H and O–H groups in total. The molecule has 0 bridgehead atoms. The lowest BCUT2D eigenvalue weighted by Crippen LogP contribution is -1.86. The molecule has 0 saturated carbocycles. The Bertz CT molecular complexity index is 1200. The normalized spacial score (nSPS) is 11.5. The van der Waals surface area contributed by atoms with E-state index in [0.29, 0.717) is 38.3 Å². The molecule has 140 valence electrons. The largest absolute Gasteiger partial charge is 0.507 e. The van der Waals surface area contributed by atoms with Gasteiger partial charge in [0.1, 0.15) is 27.2 Å². The zero-order valence-corrected chi connectivity index (χ0v) is 17.3. The van der Waals surface area contributed by atoms with Gasteiger partial charge in [-0.15, -0.1) is 0 Å². The van der Waals surface area contributed by atoms with E-state index in [1.54, 1.807) is 12.1 Å². The van der Waals surface area contributed by atoms with Crippen molar-refractivity contribution in [1.29, 1.82) is 0 Å². The maximum absolute atomic E-state index is 10.4. The average Bonchev–Trinajstić information content (AvgIpc) is 3.12. The van der Waals surface area contributed by atoms with Crippen LogP contribution in [-0.2, 0) is 0 Å². The van der Waals surface area contributed by atoms with E-state index in [9.17, 15) is 15.3 Å². The fraction of sp³-hybridized carbons (Fsp3) is 0. The molecule has 1 heterocycles. The zero-order valence-electron chi connectivity index (χ0n) is 14.1. The topological polar surface area (TPSA) is 99.1 Å². The van der Waals surface area contributed by atoms with Crippen LogP contribution in [0.1, 0.15) is 5.56 Å². The third-order valence-electron chi connectivity index (χ3n) is 4.06. The number of benzene rings is 3. The highest BCUT2D eigenvalue weighted by Gasteiger charge is 2.14. The van der Waals surface area contributed by atoms with Gasteiger partial charge in [-0.2, -0.15) is 0 Å². The summed E-state index contributed by atoms with van der Waals surface area (Å²) in [5, 5.41) is 30.3. The Hall–Kier alpha value is -2.84. The number of aliphatic imine (C=N–C) groups is 1. The lowest BCUT2D eigenvalue weighted by molar-refractivity contribution is 0.442. The maximum atomic E-state index is 10.4. The van der Waals surface area contributed by atoms with Crippen LogP contribution in [0.15, 0.2) is 66.9 Å². The lowest BCUT2D eigenvalue weighted by Gasteiger charge is -2.06. The fourth-order valence-electron chi connectivity index (χ4n) is 2.63. The number of hydrogen-bond acceptors (Lipinski definition) is 6. The minimum absolute atomic E-state index is 0.0292. The van der Waals surface area contributed by atoms with Gasteiger partial charge in [-0.05, 0) is 62.2 Å². The summed E-state index contributed by atoms with van der Waals surface area (Å²) < 4.78 is 6.25. The second-order valence-corrected chi connectivity index (χ2v) is 7.55. The van der Waals surface area contributed by atoms with E-state index >= 15 is 0 Å². The zero-order chi connectivity index (χ0) is 19.8. The van der Waals surface area contributed by atoms with Crippen LogP contribution in [0.2, 0.25) is 0 Å². The summed E-state index contributed by atoms with van der Waals surface area (Å²) in [4.78, 5) is 8.64. The van der Waals surface area contributed by atoms with Crippen LogP contribution in [-0.4, -0.2) is 26.5 Å². The third kappa shape index (κ3) is 3.36. The van der Waals surface area contributed by atoms with E-state index < -0.39 is 0 Å². The number of oxazole rings is 1. The highest BCUT2D eigenvalue weighted by atomic mass is 79.9. The van der Waals surface area contributed by atoms with Gasteiger partial charge in [0.25, 0.3) is 0 Å². The van der Waals surface area contributed by atoms with Crippen LogP contribution < -0.4 is 0 Å². The number of rotatable bonds is 3. The average molecular weight is 504 g/mol. The number of phenols is 3. The Labute approximate surface area is 176 Å². The molecule has 0 atom stereocenters. The van der Waals surface area contributed by atoms with Crippen molar-refractivity contribution >= 4 is 54.9 Å². The van der Waals surface area contributed by atoms with Gasteiger partial charge in [0.05, 0.1) is 15.7 Å². The van der Waals surface area contributed by atoms with Crippen molar-refractivity contribution < 1.29 is 19.7 Å². The second kappa shape index (κ2) is 7.29. The molecule has 0 aliphatic carbocycles. The van der Waals surface area contributed by atoms with E-state index in [4.69, 9.17) is 4.42 Å². The Kier molecular flexibility index (Phi) is 4.82. The molecular formula is C20H12Br2N2O4. The molecule has 0 saturated heterocycles. The first kappa shape index (κ1) is 18.5. The van der Waals surface area contributed by atoms with Crippen molar-refractivity contribution in [2.45, 2.75) is 0 Å². The number of phenolic OH excluding ortho intramolecular Hbond substituents is 3. The Morgan fingerprint density at radius 2 is 1.75 bits per heavy atom. The van der Waals surface area contributed by atoms with Gasteiger partial charge < -0.3 is 19.7 Å². The standard InChI is InChI=1S/C20H12Br2N2O4/c21-13-7-10(18(26)17(22)19(13)27)9-23-11-5-6-12(15(25)8-11)20-24-14-3-1-2-4-16(14)28-20/h1-9,25-27H. The first-order chi connectivity index (χ1) is 13.4. The molecule has 1 aromatic heterocycles. The molecule has 0 fully saturated rings. The molecule has 6 nitrogen and oxygen atoms in total. The number of aromatic hydroxyl groups is 3. The first-order valence-electron chi connectivity index (χ1n) is 8.07. The minimum atomic E-state index is -0.142. The molecule has 0 radical (unpaired) electrons. The molecule has 0 unspecified atom stereocenters. The molecule has 0 aliphatic heterocycles. The predicted octanol–water partition coefficient (Wildman–Crippen LogP) is 5.89. The third-order valence-corrected chi connectivity index (χ3v) is 5.41. The van der Waals surface area contributed by atoms with Crippen molar-refractivity contribution in [2.75, 3.05) is 0 Å². The molecule has 0 aliphatic rings. The van der Waals surface area contributed by atoms with Crippen LogP contribution in [0.5, 0.6) is 17.2 Å². The summed E-state index contributed by atoms with van der Waals surface area (Å²) in [5.41, 5.74) is 2.65. The smallest absolute Gasteiger partial charge is 0.231 e. The molecule has 4 aromatic rings. The Morgan fingerprint density at radius 3 is 2.50 bits per heavy atom. The van der Waals surface area contributed by atoms with Crippen LogP contribution in [0, 0.1) is 0 Å². The van der Waals surface area contributed by atoms with Crippen LogP contribution in [0.3, 0.4) is 0 Å². The summed E-state index contributed by atoms with van der Waals surface area (Å²) in [6.07, 6.45) is 1.43. The molecule has 0 spiro atoms. The lowest BCUT2D eigenvalue weighted by atomic mass is 10.1. The number of halogens is 2. The van der Waals surface area contributed by atoms with E-state index in [2.05, 4.69) is 41.8 Å². The molecule has 28 heavy (non-hydrogen) atoms. The number of nitrogens with zero attached hydrogens (tertiary/aromatic N) is 2. The van der Waals surface area contributed by atoms with E-state index in [0.717, 1.165) is 0 Å². The van der Waals surface area contributed by atoms with Crippen molar-refractivity contribution in [3.63, 3.8) is 0 Å². The first-order valence-corrected chi connectivity index (χ1v) is 9.65. The summed E-state index contributed by atoms with van der Waals surface area (Å²) in [6.45, 7) is 0. The van der Waals surface area contributed by atoms with Crippen LogP contribution >= 0.6 is 31.9 Å². The summed E-state index contributed by atoms with van der Waals surface area (Å²) in [6, 6.07) is 13.7. The van der Waals surface area contributed by atoms with E-state index in [1.165, 1.54) is 18.3 Å². The minimum Gasteiger partial charge on any atom is -0.507 e. The van der Waals surface area contributed by atoms with E-state index in [1.807, 2.05) is 24.3 Å². The van der Waals surface area contributed by atoms with Gasteiger partial charge in [-0.25, -0.2) is 4.98 Å². The van der Waals surface area contributed by atoms with Gasteiger partial charge >= 0.3 is 0 Å². The Balaban J connectivity index is 1.66. The predicted molar refractivity (Wildman–Crippen MR) is 114 cm³/mol. The fourth-order valence-corrected chi connectivity index (χ4v) is 3.78. The Morgan fingerprint density at radius 1 is 0.964 bits per heavy atom. The monoisotopic (exact) mass is 502 g/mol. The molecule has 4 rings (SSSR count). The van der Waals surface area contributed by atoms with Gasteiger partial charge in [0.15, 0.2) is 5.58 Å². The summed E-state index contributed by atoms with van der Waals surface area (Å²) in [5.74, 6) is 0.0449. The second-order valence-electron chi connectivity index (χ2n) is 5.91. The van der Waals surface area contributed by atoms with E-state index in [-0.39, 0.29) is 21.7 Å². The van der Waals surface area contributed by atoms with Crippen molar-refractivity contribution in [3.05, 3.63) is 63.0 Å². The SMILES string of the molecule is Oc1cc(N=Cc2cc(Br)c(O)c(Br)c2O)ccc1-c1nc2ccccc2o1. The highest BCUT2D eigenvalue weighted by molar-refractivity contribution is 9.11. The maximum Gasteiger partial charge on any atom is 0.231 e. The van der Waals surface area contributed by atoms with Crippen molar-refractivity contribution in [3.8, 4) is 28.7 Å². The number of hydrogen-bond donors (Lipinski definition) is 3. The number of aromatic nitrogens is 1. The van der Waals surface area contributed by atoms with Gasteiger partial charge in [0, 0.05) is 17.8 Å². The molecule has 8 heteroatoms. The van der Waals surface area contributed by atoms with Gasteiger partial charge in [-0.1, -0.05) is 12.1 Å². The van der Waals surface area contributed by atoms with Crippen molar-refractivity contribution in [1.82, 2.24) is 4.98 Å². The molecule has 0 amide bonds. The quantitative estimate of drug-likeness (QED) is 0.303. The van der Waals surface area contributed by atoms with Crippen LogP contribution in [0.25, 0.3) is 22.6 Å². The van der Waals surface area contributed by atoms with Crippen LogP contribution in [0.4, 0.5) is 5.69 Å². The molecular weight excluding hydrogens is 492 g/mol. The van der Waals surface area contributed by atoms with Gasteiger partial charge in [-0.3, -0.25) is 4.99 Å². The summed E-state index contributed by atoms with van der Waals surface area (Å²) >= 11 is 6.33. The van der Waals surface area contributed by atoms with Crippen molar-refractivity contribution in [2.24, 2.45) is 4.99 Å². The summed E-state index contributed by atoms with van der Waals surface area (Å²) in [7, 11) is 0. The molecule has 3 aromatic carbocycles. The van der Waals surface area contributed by atoms with Gasteiger partial charge in [0.2, 0.25) is 5.89 Å². The number of para-hydroxylation sites is 2. The number of fused-ring (bicyclic) bond motifs is 1.